The molecule has 5 nitrogen and oxygen atoms in total. The van der Waals surface area contributed by atoms with E-state index in [2.05, 4.69) is 0 Å². The first-order valence-corrected chi connectivity index (χ1v) is 6.63. The topological polar surface area (TPSA) is 79.7 Å². The minimum atomic E-state index is -0.879. The van der Waals surface area contributed by atoms with Crippen LogP contribution < -0.4 is 11.5 Å². The Kier molecular flexibility index (Phi) is 7.32. The third-order valence-electron chi connectivity index (χ3n) is 2.74. The van der Waals surface area contributed by atoms with Crippen LogP contribution in [0, 0.1) is 0 Å². The molecule has 0 aliphatic heterocycles. The Hall–Kier alpha value is 0.0169. The highest BCUT2D eigenvalue weighted by Crippen LogP contribution is 2.26. The summed E-state index contributed by atoms with van der Waals surface area (Å²) in [5.74, 6) is -0.879. The Bertz CT molecular complexity index is 163. The molecule has 0 aromatic heterocycles. The average molecular weight is 236 g/mol. The molecule has 0 radical (unpaired) electrons. The molecule has 0 bridgehead atoms. The quantitative estimate of drug-likeness (QED) is 0.394. The maximum absolute atomic E-state index is 6.04. The number of rotatable bonds is 8. The van der Waals surface area contributed by atoms with E-state index in [1.165, 1.54) is 0 Å². The highest BCUT2D eigenvalue weighted by atomic mass is 28.1. The van der Waals surface area contributed by atoms with Crippen molar-refractivity contribution in [2.24, 2.45) is 11.5 Å². The molecule has 0 aliphatic carbocycles. The fourth-order valence-corrected chi connectivity index (χ4v) is 2.79. The molecular formula is C9H24N2O3Si. The maximum Gasteiger partial charge on any atom is 0.209 e. The van der Waals surface area contributed by atoms with Crippen molar-refractivity contribution in [1.82, 2.24) is 0 Å². The van der Waals surface area contributed by atoms with Crippen molar-refractivity contribution in [2.45, 2.75) is 30.4 Å². The molecule has 0 saturated heterocycles. The molecule has 0 heterocycles. The molecule has 15 heavy (non-hydrogen) atoms. The molecule has 0 amide bonds. The predicted molar refractivity (Wildman–Crippen MR) is 63.9 cm³/mol. The van der Waals surface area contributed by atoms with E-state index in [0.717, 1.165) is 16.3 Å². The van der Waals surface area contributed by atoms with E-state index in [4.69, 9.17) is 25.7 Å². The van der Waals surface area contributed by atoms with Crippen molar-refractivity contribution in [3.8, 4) is 0 Å². The summed E-state index contributed by atoms with van der Waals surface area (Å²) in [7, 11) is 5.82. The molecule has 0 fully saturated rings. The van der Waals surface area contributed by atoms with Gasteiger partial charge in [0.15, 0.2) is 0 Å². The number of ether oxygens (including phenoxy) is 3. The predicted octanol–water partition coefficient (Wildman–Crippen LogP) is -1.55. The maximum atomic E-state index is 6.04. The summed E-state index contributed by atoms with van der Waals surface area (Å²) in [5.41, 5.74) is 11.5. The van der Waals surface area contributed by atoms with Crippen LogP contribution in [-0.4, -0.2) is 56.0 Å². The van der Waals surface area contributed by atoms with Gasteiger partial charge < -0.3 is 25.7 Å². The molecule has 0 saturated carbocycles. The summed E-state index contributed by atoms with van der Waals surface area (Å²) in [6, 6.07) is 0.618. The van der Waals surface area contributed by atoms with Crippen LogP contribution in [0.1, 0.15) is 6.42 Å². The summed E-state index contributed by atoms with van der Waals surface area (Å²) in [4.78, 5) is 0. The van der Waals surface area contributed by atoms with Crippen LogP contribution in [0.2, 0.25) is 6.04 Å². The first kappa shape index (κ1) is 15.0. The second-order valence-corrected chi connectivity index (χ2v) is 4.26. The van der Waals surface area contributed by atoms with E-state index in [1.54, 1.807) is 21.3 Å². The third-order valence-corrected chi connectivity index (χ3v) is 3.48. The molecule has 6 heteroatoms. The van der Waals surface area contributed by atoms with Gasteiger partial charge in [-0.2, -0.15) is 0 Å². The summed E-state index contributed by atoms with van der Waals surface area (Å²) in [6.07, 6.45) is 0.504. The van der Waals surface area contributed by atoms with Gasteiger partial charge in [-0.25, -0.2) is 0 Å². The van der Waals surface area contributed by atoms with Crippen LogP contribution in [0.5, 0.6) is 0 Å². The van der Waals surface area contributed by atoms with Crippen LogP contribution in [0.4, 0.5) is 0 Å². The molecule has 0 rings (SSSR count). The van der Waals surface area contributed by atoms with Crippen molar-refractivity contribution >= 4 is 10.2 Å². The Labute approximate surface area is 94.9 Å². The van der Waals surface area contributed by atoms with Gasteiger partial charge in [0.1, 0.15) is 6.10 Å². The van der Waals surface area contributed by atoms with Gasteiger partial charge in [-0.15, -0.1) is 0 Å². The summed E-state index contributed by atoms with van der Waals surface area (Å²) < 4.78 is 16.3. The van der Waals surface area contributed by atoms with E-state index in [9.17, 15) is 0 Å². The van der Waals surface area contributed by atoms with Gasteiger partial charge in [0.25, 0.3) is 0 Å². The normalized spacial score (nSPS) is 16.6. The van der Waals surface area contributed by atoms with Gasteiger partial charge in [0, 0.05) is 31.6 Å². The Balaban J connectivity index is 4.83. The first-order valence-electron chi connectivity index (χ1n) is 5.21. The Morgan fingerprint density at radius 3 is 2.07 bits per heavy atom. The zero-order valence-electron chi connectivity index (χ0n) is 10.2. The highest BCUT2D eigenvalue weighted by Gasteiger charge is 2.44. The lowest BCUT2D eigenvalue weighted by Crippen LogP contribution is -2.59. The van der Waals surface area contributed by atoms with Crippen molar-refractivity contribution < 1.29 is 14.2 Å². The molecule has 0 aromatic carbocycles. The van der Waals surface area contributed by atoms with Crippen molar-refractivity contribution in [2.75, 3.05) is 27.9 Å². The molecular weight excluding hydrogens is 212 g/mol. The van der Waals surface area contributed by atoms with E-state index in [0.29, 0.717) is 13.0 Å². The fourth-order valence-electron chi connectivity index (χ4n) is 1.88. The fraction of sp³-hybridized carbons (Fsp3) is 1.00. The molecule has 2 unspecified atom stereocenters. The summed E-state index contributed by atoms with van der Waals surface area (Å²) in [6.45, 7) is 0.507. The lowest BCUT2D eigenvalue weighted by atomic mass is 9.99. The molecule has 2 atom stereocenters. The lowest BCUT2D eigenvalue weighted by molar-refractivity contribution is -0.271. The minimum absolute atomic E-state index is 0.138. The Morgan fingerprint density at radius 1 is 1.27 bits per heavy atom. The highest BCUT2D eigenvalue weighted by molar-refractivity contribution is 6.08. The molecule has 0 spiro atoms. The molecule has 0 aliphatic rings. The first-order chi connectivity index (χ1) is 7.12. The minimum Gasteiger partial charge on any atom is -0.376 e. The molecule has 92 valence electrons. The standard InChI is InChI=1S/C9H24N2O3Si/c1-12-8(6-15)9(13-2,14-3)7(11)4-5-10/h7-8H,4-6,10-11H2,1-3,15H3. The second kappa shape index (κ2) is 7.32. The zero-order chi connectivity index (χ0) is 11.9. The molecule has 0 aromatic rings. The second-order valence-electron chi connectivity index (χ2n) is 3.45. The van der Waals surface area contributed by atoms with Gasteiger partial charge in [-0.3, -0.25) is 0 Å². The number of hydrogen-bond donors (Lipinski definition) is 2. The zero-order valence-corrected chi connectivity index (χ0v) is 12.2. The van der Waals surface area contributed by atoms with E-state index >= 15 is 0 Å². The smallest absolute Gasteiger partial charge is 0.209 e. The van der Waals surface area contributed by atoms with Crippen molar-refractivity contribution in [1.29, 1.82) is 0 Å². The number of hydrogen-bond acceptors (Lipinski definition) is 5. The molecule has 4 N–H and O–H groups in total. The average Bonchev–Trinajstić information content (AvgIpc) is 2.26. The van der Waals surface area contributed by atoms with Crippen molar-refractivity contribution in [3.63, 3.8) is 0 Å². The van der Waals surface area contributed by atoms with Crippen molar-refractivity contribution in [3.05, 3.63) is 0 Å². The SMILES string of the molecule is COC(C[SiH3])C(OC)(OC)C(N)CCN. The van der Waals surface area contributed by atoms with Crippen LogP contribution in [0.3, 0.4) is 0 Å². The monoisotopic (exact) mass is 236 g/mol. The van der Waals surface area contributed by atoms with Gasteiger partial charge in [0.05, 0.1) is 6.04 Å². The largest absolute Gasteiger partial charge is 0.376 e. The van der Waals surface area contributed by atoms with Crippen LogP contribution in [0.15, 0.2) is 0 Å². The Morgan fingerprint density at radius 2 is 1.80 bits per heavy atom. The van der Waals surface area contributed by atoms with Crippen LogP contribution in [-0.2, 0) is 14.2 Å². The summed E-state index contributed by atoms with van der Waals surface area (Å²) >= 11 is 0. The van der Waals surface area contributed by atoms with E-state index in [-0.39, 0.29) is 12.1 Å². The van der Waals surface area contributed by atoms with E-state index < -0.39 is 5.79 Å². The van der Waals surface area contributed by atoms with Gasteiger partial charge in [-0.05, 0) is 19.0 Å². The lowest BCUT2D eigenvalue weighted by Gasteiger charge is -2.41. The van der Waals surface area contributed by atoms with E-state index in [1.807, 2.05) is 0 Å². The van der Waals surface area contributed by atoms with Gasteiger partial charge in [0.2, 0.25) is 5.79 Å². The van der Waals surface area contributed by atoms with Gasteiger partial charge in [-0.1, -0.05) is 0 Å². The van der Waals surface area contributed by atoms with Gasteiger partial charge >= 0.3 is 0 Å². The van der Waals surface area contributed by atoms with Crippen LogP contribution in [0.25, 0.3) is 0 Å². The number of nitrogens with two attached hydrogens (primary N) is 2. The van der Waals surface area contributed by atoms with Crippen LogP contribution >= 0.6 is 0 Å². The third kappa shape index (κ3) is 3.23. The summed E-state index contributed by atoms with van der Waals surface area (Å²) in [5, 5.41) is 0. The number of methoxy groups -OCH3 is 3.